The van der Waals surface area contributed by atoms with Crippen molar-refractivity contribution in [2.75, 3.05) is 22.9 Å². The third kappa shape index (κ3) is 5.13. The molecule has 2 N–H and O–H groups in total. The molecular formula is C22H19N3OS. The molecule has 27 heavy (non-hydrogen) atoms. The van der Waals surface area contributed by atoms with Crippen molar-refractivity contribution >= 4 is 29.0 Å². The van der Waals surface area contributed by atoms with Gasteiger partial charge in [-0.2, -0.15) is 5.26 Å². The first-order chi connectivity index (χ1) is 13.3. The molecule has 3 aromatic carbocycles. The molecule has 0 bridgehead atoms. The number of hydrogen-bond donors (Lipinski definition) is 2. The molecule has 3 rings (SSSR count). The summed E-state index contributed by atoms with van der Waals surface area (Å²) in [6, 6.07) is 27.6. The monoisotopic (exact) mass is 373 g/mol. The molecule has 0 fully saturated rings. The minimum atomic E-state index is -0.136. The third-order valence-electron chi connectivity index (χ3n) is 3.90. The first-order valence-corrected chi connectivity index (χ1v) is 9.53. The summed E-state index contributed by atoms with van der Waals surface area (Å²) in [5, 5.41) is 14.9. The molecule has 0 spiro atoms. The number of nitrogens with one attached hydrogen (secondary N) is 2. The minimum Gasteiger partial charge on any atom is -0.376 e. The van der Waals surface area contributed by atoms with Gasteiger partial charge in [0.25, 0.3) is 0 Å². The normalized spacial score (nSPS) is 10.0. The van der Waals surface area contributed by atoms with Crippen LogP contribution in [0.2, 0.25) is 0 Å². The maximum absolute atomic E-state index is 12.4. The summed E-state index contributed by atoms with van der Waals surface area (Å²) < 4.78 is 0. The standard InChI is InChI=1S/C22H19N3OS/c23-14-15-27-21-13-7-6-12-20(21)25-22(26)16-24-19-11-5-4-10-18(19)17-8-2-1-3-9-17/h1-13,24H,15-16H2,(H,25,26). The Morgan fingerprint density at radius 2 is 1.56 bits per heavy atom. The molecule has 0 atom stereocenters. The van der Waals surface area contributed by atoms with Crippen LogP contribution in [0.5, 0.6) is 0 Å². The Morgan fingerprint density at radius 1 is 0.889 bits per heavy atom. The highest BCUT2D eigenvalue weighted by molar-refractivity contribution is 7.99. The Kier molecular flexibility index (Phi) is 6.50. The van der Waals surface area contributed by atoms with Gasteiger partial charge in [-0.05, 0) is 23.8 Å². The zero-order chi connectivity index (χ0) is 18.9. The smallest absolute Gasteiger partial charge is 0.243 e. The van der Waals surface area contributed by atoms with Crippen molar-refractivity contribution in [3.63, 3.8) is 0 Å². The average Bonchev–Trinajstić information content (AvgIpc) is 2.72. The van der Waals surface area contributed by atoms with Crippen molar-refractivity contribution in [2.45, 2.75) is 4.90 Å². The van der Waals surface area contributed by atoms with Crippen molar-refractivity contribution in [1.29, 1.82) is 5.26 Å². The van der Waals surface area contributed by atoms with Crippen molar-refractivity contribution in [1.82, 2.24) is 0 Å². The molecule has 0 saturated carbocycles. The van der Waals surface area contributed by atoms with Crippen LogP contribution in [0.4, 0.5) is 11.4 Å². The molecule has 134 valence electrons. The van der Waals surface area contributed by atoms with E-state index in [-0.39, 0.29) is 12.5 Å². The number of anilines is 2. The SMILES string of the molecule is N#CCSc1ccccc1NC(=O)CNc1ccccc1-c1ccccc1. The van der Waals surface area contributed by atoms with E-state index in [1.54, 1.807) is 0 Å². The highest BCUT2D eigenvalue weighted by atomic mass is 32.2. The zero-order valence-corrected chi connectivity index (χ0v) is 15.5. The molecule has 0 radical (unpaired) electrons. The van der Waals surface area contributed by atoms with E-state index in [9.17, 15) is 4.79 Å². The Bertz CT molecular complexity index is 951. The van der Waals surface area contributed by atoms with Crippen LogP contribution in [0.25, 0.3) is 11.1 Å². The largest absolute Gasteiger partial charge is 0.376 e. The van der Waals surface area contributed by atoms with Crippen LogP contribution in [0, 0.1) is 11.3 Å². The molecule has 0 aromatic heterocycles. The van der Waals surface area contributed by atoms with E-state index in [0.29, 0.717) is 5.75 Å². The Hall–Kier alpha value is -3.23. The maximum Gasteiger partial charge on any atom is 0.243 e. The number of para-hydroxylation sites is 2. The predicted molar refractivity (Wildman–Crippen MR) is 112 cm³/mol. The van der Waals surface area contributed by atoms with Gasteiger partial charge in [0.2, 0.25) is 5.91 Å². The van der Waals surface area contributed by atoms with Crippen molar-refractivity contribution in [3.05, 3.63) is 78.9 Å². The van der Waals surface area contributed by atoms with Crippen LogP contribution in [0.15, 0.2) is 83.8 Å². The van der Waals surface area contributed by atoms with E-state index in [2.05, 4.69) is 16.7 Å². The van der Waals surface area contributed by atoms with Gasteiger partial charge in [-0.25, -0.2) is 0 Å². The lowest BCUT2D eigenvalue weighted by Crippen LogP contribution is -2.22. The second kappa shape index (κ2) is 9.46. The second-order valence-corrected chi connectivity index (χ2v) is 6.77. The molecule has 0 unspecified atom stereocenters. The third-order valence-corrected chi connectivity index (χ3v) is 4.85. The fourth-order valence-corrected chi connectivity index (χ4v) is 3.35. The average molecular weight is 373 g/mol. The fourth-order valence-electron chi connectivity index (χ4n) is 2.68. The quantitative estimate of drug-likeness (QED) is 0.571. The van der Waals surface area contributed by atoms with Crippen LogP contribution in [-0.2, 0) is 4.79 Å². The Balaban J connectivity index is 1.67. The number of benzene rings is 3. The summed E-state index contributed by atoms with van der Waals surface area (Å²) in [5.74, 6) is 0.207. The number of thioether (sulfide) groups is 1. The predicted octanol–water partition coefficient (Wildman–Crippen LogP) is 5.02. The number of carbonyl (C=O) groups excluding carboxylic acids is 1. The number of hydrogen-bond acceptors (Lipinski definition) is 4. The van der Waals surface area contributed by atoms with Gasteiger partial charge in [-0.15, -0.1) is 11.8 Å². The number of amides is 1. The van der Waals surface area contributed by atoms with E-state index in [1.807, 2.05) is 78.9 Å². The van der Waals surface area contributed by atoms with Crippen LogP contribution < -0.4 is 10.6 Å². The lowest BCUT2D eigenvalue weighted by Gasteiger charge is -2.13. The van der Waals surface area contributed by atoms with Gasteiger partial charge in [0, 0.05) is 16.1 Å². The van der Waals surface area contributed by atoms with Crippen molar-refractivity contribution < 1.29 is 4.79 Å². The highest BCUT2D eigenvalue weighted by Crippen LogP contribution is 2.28. The lowest BCUT2D eigenvalue weighted by molar-refractivity contribution is -0.114. The first kappa shape index (κ1) is 18.6. The van der Waals surface area contributed by atoms with E-state index in [0.717, 1.165) is 27.4 Å². The van der Waals surface area contributed by atoms with Crippen molar-refractivity contribution in [2.24, 2.45) is 0 Å². The second-order valence-electron chi connectivity index (χ2n) is 5.76. The highest BCUT2D eigenvalue weighted by Gasteiger charge is 2.09. The van der Waals surface area contributed by atoms with E-state index in [4.69, 9.17) is 5.26 Å². The lowest BCUT2D eigenvalue weighted by atomic mass is 10.0. The summed E-state index contributed by atoms with van der Waals surface area (Å²) >= 11 is 1.41. The van der Waals surface area contributed by atoms with Crippen LogP contribution in [-0.4, -0.2) is 18.2 Å². The molecule has 0 aliphatic rings. The van der Waals surface area contributed by atoms with Gasteiger partial charge in [0.1, 0.15) is 0 Å². The minimum absolute atomic E-state index is 0.136. The molecule has 0 saturated heterocycles. The molecule has 3 aromatic rings. The van der Waals surface area contributed by atoms with Gasteiger partial charge >= 0.3 is 0 Å². The van der Waals surface area contributed by atoms with Gasteiger partial charge in [0.15, 0.2) is 0 Å². The number of rotatable bonds is 7. The van der Waals surface area contributed by atoms with Crippen LogP contribution in [0.1, 0.15) is 0 Å². The Labute approximate surface area is 163 Å². The summed E-state index contributed by atoms with van der Waals surface area (Å²) in [5.41, 5.74) is 3.78. The van der Waals surface area contributed by atoms with Crippen molar-refractivity contribution in [3.8, 4) is 17.2 Å². The molecule has 0 heterocycles. The van der Waals surface area contributed by atoms with E-state index >= 15 is 0 Å². The van der Waals surface area contributed by atoms with E-state index < -0.39 is 0 Å². The fraction of sp³-hybridized carbons (Fsp3) is 0.0909. The van der Waals surface area contributed by atoms with E-state index in [1.165, 1.54) is 11.8 Å². The maximum atomic E-state index is 12.4. The molecule has 4 nitrogen and oxygen atoms in total. The van der Waals surface area contributed by atoms with Gasteiger partial charge in [0.05, 0.1) is 24.1 Å². The molecule has 1 amide bonds. The Morgan fingerprint density at radius 3 is 2.33 bits per heavy atom. The number of nitrogens with zero attached hydrogens (tertiary/aromatic N) is 1. The molecular weight excluding hydrogens is 354 g/mol. The number of nitriles is 1. The van der Waals surface area contributed by atoms with Gasteiger partial charge < -0.3 is 10.6 Å². The zero-order valence-electron chi connectivity index (χ0n) is 14.7. The summed E-state index contributed by atoms with van der Waals surface area (Å²) in [6.07, 6.45) is 0. The summed E-state index contributed by atoms with van der Waals surface area (Å²) in [4.78, 5) is 13.3. The van der Waals surface area contributed by atoms with Crippen LogP contribution >= 0.6 is 11.8 Å². The molecule has 0 aliphatic carbocycles. The summed E-state index contributed by atoms with van der Waals surface area (Å²) in [7, 11) is 0. The van der Waals surface area contributed by atoms with Gasteiger partial charge in [-0.3, -0.25) is 4.79 Å². The molecule has 0 aliphatic heterocycles. The topological polar surface area (TPSA) is 64.9 Å². The number of carbonyl (C=O) groups is 1. The molecule has 5 heteroatoms. The summed E-state index contributed by atoms with van der Waals surface area (Å²) in [6.45, 7) is 0.154. The van der Waals surface area contributed by atoms with Gasteiger partial charge in [-0.1, -0.05) is 60.7 Å². The first-order valence-electron chi connectivity index (χ1n) is 8.55. The van der Waals surface area contributed by atoms with Crippen LogP contribution in [0.3, 0.4) is 0 Å².